The third-order valence-corrected chi connectivity index (χ3v) is 5.46. The number of rotatable bonds is 6. The maximum Gasteiger partial charge on any atom is 0.0388 e. The molecule has 1 N–H and O–H groups in total. The van der Waals surface area contributed by atoms with Crippen LogP contribution in [0.5, 0.6) is 0 Å². The van der Waals surface area contributed by atoms with Gasteiger partial charge in [-0.15, -0.1) is 11.3 Å². The summed E-state index contributed by atoms with van der Waals surface area (Å²) in [6, 6.07) is 12.2. The van der Waals surface area contributed by atoms with Crippen LogP contribution in [-0.2, 0) is 0 Å². The zero-order valence-electron chi connectivity index (χ0n) is 11.9. The summed E-state index contributed by atoms with van der Waals surface area (Å²) in [5.74, 6) is 1.01. The summed E-state index contributed by atoms with van der Waals surface area (Å²) >= 11 is 1.93. The Hall–Kier alpha value is -0.860. The summed E-state index contributed by atoms with van der Waals surface area (Å²) in [6.45, 7) is 4.61. The van der Waals surface area contributed by atoms with E-state index < -0.39 is 0 Å². The highest BCUT2D eigenvalue weighted by molar-refractivity contribution is 7.19. The number of thiophene rings is 1. The highest BCUT2D eigenvalue weighted by Crippen LogP contribution is 2.35. The van der Waals surface area contributed by atoms with E-state index in [1.54, 1.807) is 0 Å². The van der Waals surface area contributed by atoms with Crippen LogP contribution in [0.25, 0.3) is 10.1 Å². The second-order valence-corrected chi connectivity index (χ2v) is 6.97. The van der Waals surface area contributed by atoms with Gasteiger partial charge in [-0.05, 0) is 43.2 Å². The highest BCUT2D eigenvalue weighted by Gasteiger charge is 2.25. The van der Waals surface area contributed by atoms with E-state index in [1.807, 2.05) is 11.3 Å². The van der Waals surface area contributed by atoms with E-state index in [1.165, 1.54) is 40.6 Å². The fourth-order valence-electron chi connectivity index (χ4n) is 2.76. The van der Waals surface area contributed by atoms with Crippen LogP contribution >= 0.6 is 11.3 Å². The Balaban J connectivity index is 1.69. The zero-order valence-corrected chi connectivity index (χ0v) is 12.7. The van der Waals surface area contributed by atoms with Crippen LogP contribution in [-0.4, -0.2) is 6.04 Å². The van der Waals surface area contributed by atoms with Gasteiger partial charge in [0.05, 0.1) is 0 Å². The lowest BCUT2D eigenvalue weighted by atomic mass is 10.1. The molecule has 1 heterocycles. The van der Waals surface area contributed by atoms with Gasteiger partial charge in [-0.25, -0.2) is 0 Å². The maximum absolute atomic E-state index is 3.83. The average Bonchev–Trinajstić information content (AvgIpc) is 3.13. The van der Waals surface area contributed by atoms with Crippen LogP contribution in [0.4, 0.5) is 0 Å². The molecule has 0 aliphatic heterocycles. The van der Waals surface area contributed by atoms with Gasteiger partial charge in [0.25, 0.3) is 0 Å². The number of nitrogens with one attached hydrogen (secondary N) is 1. The first-order valence-electron chi connectivity index (χ1n) is 7.50. The molecule has 2 atom stereocenters. The van der Waals surface area contributed by atoms with Crippen LogP contribution in [0, 0.1) is 5.92 Å². The lowest BCUT2D eigenvalue weighted by Crippen LogP contribution is -2.31. The summed E-state index contributed by atoms with van der Waals surface area (Å²) in [5.41, 5.74) is 0. The zero-order chi connectivity index (χ0) is 13.2. The molecule has 1 aliphatic rings. The fraction of sp³-hybridized carbons (Fsp3) is 0.529. The van der Waals surface area contributed by atoms with Gasteiger partial charge in [0, 0.05) is 21.7 Å². The molecule has 0 saturated heterocycles. The van der Waals surface area contributed by atoms with Crippen molar-refractivity contribution >= 4 is 21.4 Å². The molecule has 1 aromatic carbocycles. The minimum atomic E-state index is 0.473. The monoisotopic (exact) mass is 273 g/mol. The molecule has 2 unspecified atom stereocenters. The quantitative estimate of drug-likeness (QED) is 0.769. The average molecular weight is 273 g/mol. The Bertz CT molecular complexity index is 508. The molecule has 0 radical (unpaired) electrons. The summed E-state index contributed by atoms with van der Waals surface area (Å²) < 4.78 is 1.40. The van der Waals surface area contributed by atoms with Crippen LogP contribution in [0.1, 0.15) is 50.4 Å². The van der Waals surface area contributed by atoms with E-state index in [-0.39, 0.29) is 0 Å². The largest absolute Gasteiger partial charge is 0.307 e. The van der Waals surface area contributed by atoms with Gasteiger partial charge >= 0.3 is 0 Å². The van der Waals surface area contributed by atoms with Crippen LogP contribution < -0.4 is 5.32 Å². The Kier molecular flexibility index (Phi) is 3.90. The van der Waals surface area contributed by atoms with Crippen molar-refractivity contribution in [2.45, 2.75) is 51.6 Å². The van der Waals surface area contributed by atoms with E-state index in [2.05, 4.69) is 49.5 Å². The van der Waals surface area contributed by atoms with Crippen molar-refractivity contribution in [3.05, 3.63) is 35.2 Å². The van der Waals surface area contributed by atoms with Gasteiger partial charge in [0.1, 0.15) is 0 Å². The molecule has 0 spiro atoms. The third kappa shape index (κ3) is 3.18. The molecule has 1 fully saturated rings. The van der Waals surface area contributed by atoms with Crippen LogP contribution in [0.2, 0.25) is 0 Å². The summed E-state index contributed by atoms with van der Waals surface area (Å²) in [4.78, 5) is 1.47. The van der Waals surface area contributed by atoms with Crippen molar-refractivity contribution in [2.24, 2.45) is 5.92 Å². The van der Waals surface area contributed by atoms with Gasteiger partial charge in [-0.1, -0.05) is 38.0 Å². The molecule has 1 saturated carbocycles. The minimum absolute atomic E-state index is 0.473. The Morgan fingerprint density at radius 2 is 2.11 bits per heavy atom. The molecule has 19 heavy (non-hydrogen) atoms. The molecule has 102 valence electrons. The van der Waals surface area contributed by atoms with Crippen molar-refractivity contribution in [1.29, 1.82) is 0 Å². The minimum Gasteiger partial charge on any atom is -0.307 e. The van der Waals surface area contributed by atoms with E-state index in [4.69, 9.17) is 0 Å². The van der Waals surface area contributed by atoms with Gasteiger partial charge < -0.3 is 5.32 Å². The van der Waals surface area contributed by atoms with E-state index in [0.717, 1.165) is 5.92 Å². The van der Waals surface area contributed by atoms with Crippen molar-refractivity contribution in [1.82, 2.24) is 5.32 Å². The maximum atomic E-state index is 3.83. The first kappa shape index (κ1) is 13.1. The second kappa shape index (κ2) is 5.64. The first-order chi connectivity index (χ1) is 9.26. The molecule has 1 aromatic heterocycles. The van der Waals surface area contributed by atoms with Gasteiger partial charge in [-0.2, -0.15) is 0 Å². The highest BCUT2D eigenvalue weighted by atomic mass is 32.1. The first-order valence-corrected chi connectivity index (χ1v) is 8.32. The third-order valence-electron chi connectivity index (χ3n) is 4.16. The summed E-state index contributed by atoms with van der Waals surface area (Å²) in [7, 11) is 0. The summed E-state index contributed by atoms with van der Waals surface area (Å²) in [6.07, 6.45) is 5.52. The lowest BCUT2D eigenvalue weighted by molar-refractivity contribution is 0.407. The molecule has 2 heteroatoms. The number of hydrogen-bond donors (Lipinski definition) is 1. The predicted octanol–water partition coefficient (Wildman–Crippen LogP) is 5.13. The van der Waals surface area contributed by atoms with E-state index >= 15 is 0 Å². The lowest BCUT2D eigenvalue weighted by Gasteiger charge is -2.21. The smallest absolute Gasteiger partial charge is 0.0388 e. The normalized spacial score (nSPS) is 18.6. The van der Waals surface area contributed by atoms with Crippen molar-refractivity contribution < 1.29 is 0 Å². The molecule has 1 nitrogen and oxygen atoms in total. The number of hydrogen-bond acceptors (Lipinski definition) is 2. The standard InChI is InChI=1S/C17H23NS/c1-3-15(10-13-8-9-13)18-12(2)17-11-14-6-4-5-7-16(14)19-17/h4-7,11-13,15,18H,3,8-10H2,1-2H3. The van der Waals surface area contributed by atoms with Crippen LogP contribution in [0.3, 0.4) is 0 Å². The molecular formula is C17H23NS. The molecule has 1 aliphatic carbocycles. The SMILES string of the molecule is CCC(CC1CC1)NC(C)c1cc2ccccc2s1. The molecule has 0 amide bonds. The molecule has 2 aromatic rings. The van der Waals surface area contributed by atoms with Gasteiger partial charge in [0.2, 0.25) is 0 Å². The Morgan fingerprint density at radius 1 is 1.32 bits per heavy atom. The topological polar surface area (TPSA) is 12.0 Å². The number of fused-ring (bicyclic) bond motifs is 1. The molecule has 0 bridgehead atoms. The summed E-state index contributed by atoms with van der Waals surface area (Å²) in [5, 5.41) is 5.21. The molecular weight excluding hydrogens is 250 g/mol. The van der Waals surface area contributed by atoms with E-state index in [0.29, 0.717) is 12.1 Å². The van der Waals surface area contributed by atoms with Crippen molar-refractivity contribution in [3.63, 3.8) is 0 Å². The predicted molar refractivity (Wildman–Crippen MR) is 84.8 cm³/mol. The second-order valence-electron chi connectivity index (χ2n) is 5.86. The fourth-order valence-corrected chi connectivity index (χ4v) is 3.84. The van der Waals surface area contributed by atoms with Crippen LogP contribution in [0.15, 0.2) is 30.3 Å². The number of benzene rings is 1. The van der Waals surface area contributed by atoms with Gasteiger partial charge in [-0.3, -0.25) is 0 Å². The molecule has 3 rings (SSSR count). The van der Waals surface area contributed by atoms with E-state index in [9.17, 15) is 0 Å². The Morgan fingerprint density at radius 3 is 2.79 bits per heavy atom. The van der Waals surface area contributed by atoms with Crippen molar-refractivity contribution in [3.8, 4) is 0 Å². The van der Waals surface area contributed by atoms with Crippen molar-refractivity contribution in [2.75, 3.05) is 0 Å². The van der Waals surface area contributed by atoms with Gasteiger partial charge in [0.15, 0.2) is 0 Å². The Labute approximate surface area is 120 Å².